The molecule has 3 heteroatoms. The van der Waals surface area contributed by atoms with Crippen molar-refractivity contribution in [2.24, 2.45) is 0 Å². The summed E-state index contributed by atoms with van der Waals surface area (Å²) in [6.07, 6.45) is 12.7. The number of rotatable bonds is 9. The molecule has 282 valence electrons. The summed E-state index contributed by atoms with van der Waals surface area (Å²) in [7, 11) is 0. The molecule has 0 spiro atoms. The van der Waals surface area contributed by atoms with Crippen LogP contribution in [-0.2, 0) is 5.41 Å². The maximum Gasteiger partial charge on any atom is 0.137 e. The van der Waals surface area contributed by atoms with Crippen molar-refractivity contribution in [3.8, 4) is 0 Å². The van der Waals surface area contributed by atoms with Gasteiger partial charge in [-0.05, 0) is 127 Å². The Balaban J connectivity index is 1.02. The van der Waals surface area contributed by atoms with Crippen LogP contribution in [-0.4, -0.2) is 0 Å². The highest BCUT2D eigenvalue weighted by Crippen LogP contribution is 2.47. The van der Waals surface area contributed by atoms with Gasteiger partial charge in [-0.25, -0.2) is 0 Å². The number of hydrogen-bond acceptors (Lipinski definition) is 3. The van der Waals surface area contributed by atoms with Crippen molar-refractivity contribution in [2.75, 3.05) is 9.80 Å². The minimum Gasteiger partial charge on any atom is -0.456 e. The highest BCUT2D eigenvalue weighted by atomic mass is 16.3. The number of fused-ring (bicyclic) bond motifs is 3. The van der Waals surface area contributed by atoms with Crippen molar-refractivity contribution in [1.29, 1.82) is 0 Å². The lowest BCUT2D eigenvalue weighted by Gasteiger charge is -2.39. The minimum atomic E-state index is -0.0285. The number of hydrogen-bond donors (Lipinski definition) is 0. The zero-order chi connectivity index (χ0) is 38.0. The van der Waals surface area contributed by atoms with E-state index in [-0.39, 0.29) is 5.41 Å². The fraction of sp³-hybridized carbons (Fsp3) is 0.222. The molecule has 2 aliphatic carbocycles. The molecule has 0 amide bonds. The highest BCUT2D eigenvalue weighted by Gasteiger charge is 2.36. The Bertz CT molecular complexity index is 2520. The first kappa shape index (κ1) is 35.4. The van der Waals surface area contributed by atoms with E-state index in [1.54, 1.807) is 0 Å². The lowest BCUT2D eigenvalue weighted by atomic mass is 9.65. The summed E-state index contributed by atoms with van der Waals surface area (Å²) in [4.78, 5) is 4.76. The van der Waals surface area contributed by atoms with Crippen molar-refractivity contribution in [2.45, 2.75) is 75.5 Å². The van der Waals surface area contributed by atoms with Crippen LogP contribution in [0.3, 0.4) is 0 Å². The molecule has 10 rings (SSSR count). The predicted molar refractivity (Wildman–Crippen MR) is 239 cm³/mol. The number of furan rings is 1. The highest BCUT2D eigenvalue weighted by molar-refractivity contribution is 6.06. The fourth-order valence-corrected chi connectivity index (χ4v) is 9.99. The van der Waals surface area contributed by atoms with Gasteiger partial charge in [0.2, 0.25) is 0 Å². The molecule has 1 aromatic heterocycles. The Kier molecular flexibility index (Phi) is 9.60. The van der Waals surface area contributed by atoms with E-state index >= 15 is 0 Å². The van der Waals surface area contributed by atoms with Gasteiger partial charge in [-0.1, -0.05) is 130 Å². The molecule has 2 fully saturated rings. The zero-order valence-corrected chi connectivity index (χ0v) is 32.7. The summed E-state index contributed by atoms with van der Waals surface area (Å²) in [5.74, 6) is 0.674. The Morgan fingerprint density at radius 3 is 1.44 bits per heavy atom. The normalized spacial score (nSPS) is 15.8. The van der Waals surface area contributed by atoms with Gasteiger partial charge < -0.3 is 14.2 Å². The van der Waals surface area contributed by atoms with Crippen LogP contribution in [0.15, 0.2) is 180 Å². The molecular formula is C54H50N2O. The van der Waals surface area contributed by atoms with Crippen LogP contribution in [0, 0.1) is 0 Å². The van der Waals surface area contributed by atoms with E-state index < -0.39 is 0 Å². The van der Waals surface area contributed by atoms with Gasteiger partial charge in [0.05, 0.1) is 0 Å². The summed E-state index contributed by atoms with van der Waals surface area (Å²) in [6, 6.07) is 64.8. The van der Waals surface area contributed by atoms with E-state index in [2.05, 4.69) is 180 Å². The third-order valence-corrected chi connectivity index (χ3v) is 12.9. The van der Waals surface area contributed by atoms with E-state index in [9.17, 15) is 0 Å². The number of benzene rings is 7. The van der Waals surface area contributed by atoms with Crippen LogP contribution in [0.25, 0.3) is 21.9 Å². The summed E-state index contributed by atoms with van der Waals surface area (Å²) < 4.78 is 6.42. The molecule has 8 aromatic rings. The maximum atomic E-state index is 6.42. The molecule has 0 bridgehead atoms. The second kappa shape index (κ2) is 15.5. The molecule has 0 unspecified atom stereocenters. The Morgan fingerprint density at radius 1 is 0.386 bits per heavy atom. The standard InChI is InChI=1S/C54H50N2O/c1-5-15-40(16-6-1)41-23-29-46(30-24-41)56(49-35-36-51-50-21-11-12-22-52(50)57-53(51)39-49)48-33-27-43(28-34-48)54(37-13-4-14-38-54)42-25-31-47(32-26-42)55(44-17-7-2-8-18-44)45-19-9-3-10-20-45/h2-3,7-12,17-36,39-40H,1,4-6,13-16,37-38H2. The SMILES string of the molecule is c1ccc(N(c2ccccc2)c2ccc(C3(c4ccc(N(c5ccc(C6CCCCC6)cc5)c5ccc6c(c5)oc5ccccc56)cc4)CCCCC3)cc2)cc1. The van der Waals surface area contributed by atoms with Gasteiger partial charge in [-0.2, -0.15) is 0 Å². The van der Waals surface area contributed by atoms with E-state index in [1.807, 2.05) is 6.07 Å². The molecular weight excluding hydrogens is 693 g/mol. The number of para-hydroxylation sites is 3. The second-order valence-corrected chi connectivity index (χ2v) is 16.3. The lowest BCUT2D eigenvalue weighted by molar-refractivity contribution is 0.346. The van der Waals surface area contributed by atoms with Gasteiger partial charge in [-0.15, -0.1) is 0 Å². The Hall–Kier alpha value is -6.06. The quantitative estimate of drug-likeness (QED) is 0.147. The van der Waals surface area contributed by atoms with Crippen LogP contribution in [0.2, 0.25) is 0 Å². The summed E-state index contributed by atoms with van der Waals surface area (Å²) in [5, 5.41) is 2.31. The van der Waals surface area contributed by atoms with Crippen LogP contribution >= 0.6 is 0 Å². The summed E-state index contributed by atoms with van der Waals surface area (Å²) in [5.41, 5.74) is 13.0. The van der Waals surface area contributed by atoms with Crippen LogP contribution in [0.1, 0.15) is 86.8 Å². The van der Waals surface area contributed by atoms with Crippen molar-refractivity contribution in [3.63, 3.8) is 0 Å². The average molecular weight is 743 g/mol. The first-order chi connectivity index (χ1) is 28.2. The molecule has 1 heterocycles. The van der Waals surface area contributed by atoms with Crippen LogP contribution in [0.4, 0.5) is 34.1 Å². The number of anilines is 6. The fourth-order valence-electron chi connectivity index (χ4n) is 9.99. The van der Waals surface area contributed by atoms with E-state index in [1.165, 1.54) is 79.4 Å². The molecule has 57 heavy (non-hydrogen) atoms. The first-order valence-corrected chi connectivity index (χ1v) is 21.2. The first-order valence-electron chi connectivity index (χ1n) is 21.2. The van der Waals surface area contributed by atoms with Crippen LogP contribution < -0.4 is 9.80 Å². The lowest BCUT2D eigenvalue weighted by Crippen LogP contribution is -2.30. The van der Waals surface area contributed by atoms with Gasteiger partial charge in [0.25, 0.3) is 0 Å². The van der Waals surface area contributed by atoms with Crippen molar-refractivity contribution < 1.29 is 4.42 Å². The van der Waals surface area contributed by atoms with Crippen molar-refractivity contribution in [1.82, 2.24) is 0 Å². The molecule has 3 nitrogen and oxygen atoms in total. The van der Waals surface area contributed by atoms with Gasteiger partial charge in [-0.3, -0.25) is 0 Å². The predicted octanol–water partition coefficient (Wildman–Crippen LogP) is 15.8. The molecule has 7 aromatic carbocycles. The monoisotopic (exact) mass is 742 g/mol. The molecule has 0 saturated heterocycles. The minimum absolute atomic E-state index is 0.0285. The number of nitrogens with zero attached hydrogens (tertiary/aromatic N) is 2. The smallest absolute Gasteiger partial charge is 0.137 e. The average Bonchev–Trinajstić information content (AvgIpc) is 3.67. The van der Waals surface area contributed by atoms with E-state index in [4.69, 9.17) is 4.42 Å². The largest absolute Gasteiger partial charge is 0.456 e. The van der Waals surface area contributed by atoms with E-state index in [0.717, 1.165) is 57.5 Å². The maximum absolute atomic E-state index is 6.42. The van der Waals surface area contributed by atoms with Crippen molar-refractivity contribution >= 4 is 56.1 Å². The molecule has 2 saturated carbocycles. The summed E-state index contributed by atoms with van der Waals surface area (Å²) >= 11 is 0. The van der Waals surface area contributed by atoms with E-state index in [0.29, 0.717) is 5.92 Å². The molecule has 0 atom stereocenters. The van der Waals surface area contributed by atoms with Gasteiger partial charge >= 0.3 is 0 Å². The summed E-state index contributed by atoms with van der Waals surface area (Å²) in [6.45, 7) is 0. The Labute approximate surface area is 337 Å². The van der Waals surface area contributed by atoms with Crippen molar-refractivity contribution in [3.05, 3.63) is 193 Å². The molecule has 0 radical (unpaired) electrons. The third-order valence-electron chi connectivity index (χ3n) is 12.9. The van der Waals surface area contributed by atoms with Crippen LogP contribution in [0.5, 0.6) is 0 Å². The molecule has 0 N–H and O–H groups in total. The topological polar surface area (TPSA) is 19.6 Å². The Morgan fingerprint density at radius 2 is 0.842 bits per heavy atom. The second-order valence-electron chi connectivity index (χ2n) is 16.3. The van der Waals surface area contributed by atoms with Gasteiger partial charge in [0, 0.05) is 56.4 Å². The molecule has 0 aliphatic heterocycles. The zero-order valence-electron chi connectivity index (χ0n) is 32.7. The third kappa shape index (κ3) is 6.80. The van der Waals surface area contributed by atoms with Gasteiger partial charge in [0.15, 0.2) is 0 Å². The van der Waals surface area contributed by atoms with Gasteiger partial charge in [0.1, 0.15) is 11.2 Å². The molecule has 2 aliphatic rings.